The fourth-order valence-corrected chi connectivity index (χ4v) is 11.3. The van der Waals surface area contributed by atoms with Crippen LogP contribution in [0.5, 0.6) is 0 Å². The lowest BCUT2D eigenvalue weighted by atomic mass is 9.45. The van der Waals surface area contributed by atoms with Crippen molar-refractivity contribution < 1.29 is 20.9 Å². The predicted octanol–water partition coefficient (Wildman–Crippen LogP) is 2.71. The number of aliphatic hydroxyl groups excluding tert-OH is 1. The van der Waals surface area contributed by atoms with Crippen LogP contribution in [0.25, 0.3) is 0 Å². The highest BCUT2D eigenvalue weighted by Crippen LogP contribution is 2.66. The third kappa shape index (κ3) is 4.00. The topological polar surface area (TPSA) is 99.7 Å². The Morgan fingerprint density at radius 3 is 2.56 bits per heavy atom. The molecule has 0 amide bonds. The largest absolute Gasteiger partial charge is 0.396 e. The Balaban J connectivity index is 1.29. The van der Waals surface area contributed by atoms with Crippen molar-refractivity contribution in [3.63, 3.8) is 0 Å². The second-order valence-corrected chi connectivity index (χ2v) is 14.6. The summed E-state index contributed by atoms with van der Waals surface area (Å²) in [6.45, 7) is 3.94. The summed E-state index contributed by atoms with van der Waals surface area (Å²) in [5.74, 6) is 3.66. The molecule has 3 saturated heterocycles. The summed E-state index contributed by atoms with van der Waals surface area (Å²) in [5.41, 5.74) is 11.7. The van der Waals surface area contributed by atoms with E-state index in [0.717, 1.165) is 30.6 Å². The van der Waals surface area contributed by atoms with Crippen molar-refractivity contribution >= 4 is 0 Å². The first kappa shape index (κ1) is 24.2. The second kappa shape index (κ2) is 8.68. The van der Waals surface area contributed by atoms with Crippen molar-refractivity contribution in [3.8, 4) is 0 Å². The molecule has 9 atom stereocenters. The molecule has 7 rings (SSSR count). The molecule has 2 unspecified atom stereocenters. The zero-order valence-corrected chi connectivity index (χ0v) is 21.9. The molecule has 0 aromatic heterocycles. The van der Waals surface area contributed by atoms with Crippen molar-refractivity contribution in [3.05, 3.63) is 0 Å². The van der Waals surface area contributed by atoms with E-state index < -0.39 is 0 Å². The van der Waals surface area contributed by atoms with E-state index in [1.54, 1.807) is 0 Å². The van der Waals surface area contributed by atoms with Crippen LogP contribution >= 0.6 is 0 Å². The van der Waals surface area contributed by atoms with E-state index in [4.69, 9.17) is 16.2 Å². The lowest BCUT2D eigenvalue weighted by Gasteiger charge is -2.69. The van der Waals surface area contributed by atoms with Crippen LogP contribution in [0.1, 0.15) is 110 Å². The average Bonchev–Trinajstić information content (AvgIpc) is 3.21. The molecule has 8 N–H and O–H groups in total. The minimum absolute atomic E-state index is 0.000804. The first-order valence-corrected chi connectivity index (χ1v) is 15.0. The second-order valence-electron chi connectivity index (χ2n) is 14.6. The molecule has 3 heterocycles. The van der Waals surface area contributed by atoms with E-state index in [2.05, 4.69) is 12.2 Å². The number of ether oxygens (including phenoxy) is 1. The third-order valence-electron chi connectivity index (χ3n) is 12.1. The van der Waals surface area contributed by atoms with Gasteiger partial charge in [-0.1, -0.05) is 19.3 Å². The molecule has 5 nitrogen and oxygen atoms in total. The van der Waals surface area contributed by atoms with Crippen LogP contribution in [0.15, 0.2) is 0 Å². The molecule has 4 bridgehead atoms. The molecular formula is C29H53N3O2+2. The Bertz CT molecular complexity index is 748. The number of rotatable bonds is 5. The van der Waals surface area contributed by atoms with Crippen LogP contribution < -0.4 is 16.8 Å². The molecule has 34 heavy (non-hydrogen) atoms. The Hall–Kier alpha value is -0.200. The Kier molecular flexibility index (Phi) is 6.17. The molecule has 1 spiro atoms. The first-order valence-electron chi connectivity index (χ1n) is 15.0. The minimum atomic E-state index is -0.0272. The maximum absolute atomic E-state index is 10.1. The lowest BCUT2D eigenvalue weighted by Crippen LogP contribution is -2.95. The van der Waals surface area contributed by atoms with Crippen molar-refractivity contribution in [2.45, 2.75) is 133 Å². The molecular weight excluding hydrogens is 422 g/mol. The molecule has 5 heteroatoms. The number of hydrogen-bond donors (Lipinski definition) is 4. The summed E-state index contributed by atoms with van der Waals surface area (Å²) >= 11 is 0. The number of piperidine rings is 1. The van der Waals surface area contributed by atoms with Crippen LogP contribution in [0.4, 0.5) is 0 Å². The van der Waals surface area contributed by atoms with Gasteiger partial charge in [-0.05, 0) is 94.3 Å². The van der Waals surface area contributed by atoms with E-state index in [9.17, 15) is 5.11 Å². The zero-order valence-electron chi connectivity index (χ0n) is 21.9. The smallest absolute Gasteiger partial charge is 0.137 e. The van der Waals surface area contributed by atoms with Crippen molar-refractivity contribution in [1.82, 2.24) is 0 Å². The summed E-state index contributed by atoms with van der Waals surface area (Å²) in [4.78, 5) is 0. The van der Waals surface area contributed by atoms with Gasteiger partial charge >= 0.3 is 0 Å². The van der Waals surface area contributed by atoms with Crippen LogP contribution in [0.2, 0.25) is 0 Å². The van der Waals surface area contributed by atoms with Gasteiger partial charge in [0.15, 0.2) is 0 Å². The maximum atomic E-state index is 10.1. The van der Waals surface area contributed by atoms with Gasteiger partial charge in [0.25, 0.3) is 0 Å². The lowest BCUT2D eigenvalue weighted by molar-refractivity contribution is -0.703. The Morgan fingerprint density at radius 1 is 1.03 bits per heavy atom. The fraction of sp³-hybridized carbons (Fsp3) is 1.00. The summed E-state index contributed by atoms with van der Waals surface area (Å²) in [6, 6.07) is 0. The summed E-state index contributed by atoms with van der Waals surface area (Å²) in [5, 5.41) is 12.5. The molecule has 7 fully saturated rings. The molecule has 7 aliphatic rings. The van der Waals surface area contributed by atoms with Gasteiger partial charge < -0.3 is 20.9 Å². The van der Waals surface area contributed by atoms with Gasteiger partial charge in [0, 0.05) is 37.7 Å². The fourth-order valence-electron chi connectivity index (χ4n) is 11.3. The quantitative estimate of drug-likeness (QED) is 0.492. The van der Waals surface area contributed by atoms with Gasteiger partial charge in [-0.3, -0.25) is 5.73 Å². The predicted molar refractivity (Wildman–Crippen MR) is 133 cm³/mol. The minimum Gasteiger partial charge on any atom is -0.396 e. The van der Waals surface area contributed by atoms with Crippen LogP contribution in [-0.2, 0) is 4.74 Å². The van der Waals surface area contributed by atoms with Crippen molar-refractivity contribution in [2.75, 3.05) is 13.2 Å². The molecule has 0 aromatic carbocycles. The van der Waals surface area contributed by atoms with Crippen LogP contribution in [-0.4, -0.2) is 41.2 Å². The van der Waals surface area contributed by atoms with E-state index in [-0.39, 0.29) is 23.3 Å². The first-order chi connectivity index (χ1) is 16.3. The van der Waals surface area contributed by atoms with E-state index in [1.807, 2.05) is 0 Å². The number of fused-ring (bicyclic) bond motifs is 1. The highest BCUT2D eigenvalue weighted by molar-refractivity contribution is 5.18. The summed E-state index contributed by atoms with van der Waals surface area (Å²) < 4.78 is 7.42. The van der Waals surface area contributed by atoms with Crippen molar-refractivity contribution in [2.24, 2.45) is 40.7 Å². The van der Waals surface area contributed by atoms with E-state index in [0.29, 0.717) is 23.4 Å². The normalized spacial score (nSPS) is 52.2. The van der Waals surface area contributed by atoms with Gasteiger partial charge in [-0.15, -0.1) is 0 Å². The van der Waals surface area contributed by atoms with Gasteiger partial charge in [0.05, 0.1) is 17.7 Å². The van der Waals surface area contributed by atoms with Crippen LogP contribution in [0.3, 0.4) is 0 Å². The average molecular weight is 476 g/mol. The molecule has 4 saturated carbocycles. The number of nitrogens with two attached hydrogens (primary N) is 2. The highest BCUT2D eigenvalue weighted by Gasteiger charge is 2.70. The van der Waals surface area contributed by atoms with Gasteiger partial charge in [0.2, 0.25) is 0 Å². The summed E-state index contributed by atoms with van der Waals surface area (Å²) in [7, 11) is 0. The zero-order chi connectivity index (χ0) is 23.6. The Labute approximate surface area is 207 Å². The molecule has 4 aliphatic carbocycles. The van der Waals surface area contributed by atoms with E-state index >= 15 is 0 Å². The molecule has 194 valence electrons. The van der Waals surface area contributed by atoms with Gasteiger partial charge in [-0.25, -0.2) is 0 Å². The molecule has 3 aliphatic heterocycles. The third-order valence-corrected chi connectivity index (χ3v) is 12.1. The number of hydrogen-bond acceptors (Lipinski definition) is 3. The number of aliphatic hydroxyl groups is 1. The van der Waals surface area contributed by atoms with Crippen molar-refractivity contribution in [1.29, 1.82) is 0 Å². The highest BCUT2D eigenvalue weighted by atomic mass is 16.5. The molecule has 0 radical (unpaired) electrons. The van der Waals surface area contributed by atoms with Crippen LogP contribution in [0, 0.1) is 35.0 Å². The SMILES string of the molecule is C[C@@]12CCC[C@H]3C[C@@]([C@H]4C[C@H](CC5CCC(N)[NH2+]C5)CC5(CCCC5)C4)(C[C@@]([NH3+])(CCO)[C@@H]31)O2. The standard InChI is InChI=1S/C29H51N3O2/c1-26-8-4-5-22-16-29(34-26,19-28(31,11-12-33)25(22)26)23-14-21(13-20-6-7-24(30)32-18-20)15-27(17-23)9-2-3-10-27/h20-25,32-33H,2-19,30-31H2,1H3/p+2/t20?,21-,22-,23-,24?,25-,26+,28-,29-/m0/s1. The van der Waals surface area contributed by atoms with Gasteiger partial charge in [-0.2, -0.15) is 0 Å². The van der Waals surface area contributed by atoms with E-state index in [1.165, 1.54) is 96.4 Å². The molecule has 0 aromatic rings. The summed E-state index contributed by atoms with van der Waals surface area (Å²) in [6.07, 6.45) is 21.3. The number of quaternary nitrogens is 2. The maximum Gasteiger partial charge on any atom is 0.137 e. The Morgan fingerprint density at radius 2 is 1.85 bits per heavy atom. The van der Waals surface area contributed by atoms with Gasteiger partial charge in [0.1, 0.15) is 11.7 Å². The monoisotopic (exact) mass is 475 g/mol.